The highest BCUT2D eigenvalue weighted by Crippen LogP contribution is 2.34. The van der Waals surface area contributed by atoms with Gasteiger partial charge in [-0.25, -0.2) is 4.98 Å². The molecule has 1 aromatic heterocycles. The van der Waals surface area contributed by atoms with Gasteiger partial charge in [-0.15, -0.1) is 0 Å². The summed E-state index contributed by atoms with van der Waals surface area (Å²) >= 11 is 3.43. The molecule has 0 aliphatic carbocycles. The molecule has 4 nitrogen and oxygen atoms in total. The standard InChI is InChI=1S/C15H13BrN2O2/c1-2-18-13-5-3-9(16)7-12(13)17-15(18)11-8-10(19)4-6-14(11)20/h3-8,19-20H,2H2,1H3. The highest BCUT2D eigenvalue weighted by atomic mass is 79.9. The number of aromatic hydroxyl groups is 2. The summed E-state index contributed by atoms with van der Waals surface area (Å²) in [6.07, 6.45) is 0. The Morgan fingerprint density at radius 1 is 1.15 bits per heavy atom. The lowest BCUT2D eigenvalue weighted by molar-refractivity contribution is 0.461. The van der Waals surface area contributed by atoms with Gasteiger partial charge in [0.05, 0.1) is 16.6 Å². The zero-order chi connectivity index (χ0) is 14.3. The zero-order valence-electron chi connectivity index (χ0n) is 10.8. The summed E-state index contributed by atoms with van der Waals surface area (Å²) in [7, 11) is 0. The van der Waals surface area contributed by atoms with Crippen molar-refractivity contribution in [1.82, 2.24) is 9.55 Å². The van der Waals surface area contributed by atoms with Crippen LogP contribution in [-0.4, -0.2) is 19.8 Å². The predicted molar refractivity (Wildman–Crippen MR) is 81.9 cm³/mol. The van der Waals surface area contributed by atoms with Crippen LogP contribution in [0.25, 0.3) is 22.4 Å². The normalized spacial score (nSPS) is 11.1. The molecule has 0 saturated heterocycles. The second kappa shape index (κ2) is 4.83. The highest BCUT2D eigenvalue weighted by Gasteiger charge is 2.15. The Kier molecular flexibility index (Phi) is 3.14. The second-order valence-corrected chi connectivity index (χ2v) is 5.43. The molecule has 2 N–H and O–H groups in total. The predicted octanol–water partition coefficient (Wildman–Crippen LogP) is 3.90. The summed E-state index contributed by atoms with van der Waals surface area (Å²) in [6.45, 7) is 2.75. The van der Waals surface area contributed by atoms with E-state index < -0.39 is 0 Å². The van der Waals surface area contributed by atoms with E-state index in [1.54, 1.807) is 0 Å². The maximum atomic E-state index is 10.0. The topological polar surface area (TPSA) is 58.3 Å². The number of phenolic OH excluding ortho intramolecular Hbond substituents is 2. The van der Waals surface area contributed by atoms with E-state index in [4.69, 9.17) is 0 Å². The quantitative estimate of drug-likeness (QED) is 0.700. The molecule has 0 atom stereocenters. The molecule has 0 spiro atoms. The fourth-order valence-electron chi connectivity index (χ4n) is 2.33. The Morgan fingerprint density at radius 3 is 2.70 bits per heavy atom. The van der Waals surface area contributed by atoms with Crippen molar-refractivity contribution in [3.63, 3.8) is 0 Å². The number of imidazole rings is 1. The Bertz CT molecular complexity index is 796. The Labute approximate surface area is 124 Å². The minimum atomic E-state index is 0.104. The Balaban J connectivity index is 2.32. The number of aromatic nitrogens is 2. The molecular weight excluding hydrogens is 320 g/mol. The molecule has 0 unspecified atom stereocenters. The van der Waals surface area contributed by atoms with E-state index in [1.165, 1.54) is 18.2 Å². The van der Waals surface area contributed by atoms with Gasteiger partial charge < -0.3 is 14.8 Å². The minimum Gasteiger partial charge on any atom is -0.508 e. The van der Waals surface area contributed by atoms with Gasteiger partial charge in [0.15, 0.2) is 0 Å². The van der Waals surface area contributed by atoms with Crippen LogP contribution >= 0.6 is 15.9 Å². The van der Waals surface area contributed by atoms with Gasteiger partial charge in [-0.1, -0.05) is 15.9 Å². The molecule has 0 aliphatic heterocycles. The fourth-order valence-corrected chi connectivity index (χ4v) is 2.68. The SMILES string of the molecule is CCn1c(-c2cc(O)ccc2O)nc2cc(Br)ccc21. The zero-order valence-corrected chi connectivity index (χ0v) is 12.4. The minimum absolute atomic E-state index is 0.104. The number of aryl methyl sites for hydroxylation is 1. The molecule has 0 saturated carbocycles. The van der Waals surface area contributed by atoms with Crippen molar-refractivity contribution in [2.75, 3.05) is 0 Å². The summed E-state index contributed by atoms with van der Waals surface area (Å²) in [4.78, 5) is 4.58. The van der Waals surface area contributed by atoms with Crippen molar-refractivity contribution in [3.8, 4) is 22.9 Å². The van der Waals surface area contributed by atoms with Crippen LogP contribution in [0.3, 0.4) is 0 Å². The van der Waals surface area contributed by atoms with Gasteiger partial charge in [-0.3, -0.25) is 0 Å². The van der Waals surface area contributed by atoms with E-state index in [-0.39, 0.29) is 11.5 Å². The van der Waals surface area contributed by atoms with Gasteiger partial charge in [-0.2, -0.15) is 0 Å². The molecule has 20 heavy (non-hydrogen) atoms. The summed E-state index contributed by atoms with van der Waals surface area (Å²) in [6, 6.07) is 10.3. The summed E-state index contributed by atoms with van der Waals surface area (Å²) < 4.78 is 2.97. The van der Waals surface area contributed by atoms with Crippen molar-refractivity contribution in [3.05, 3.63) is 40.9 Å². The molecule has 0 radical (unpaired) electrons. The Morgan fingerprint density at radius 2 is 1.95 bits per heavy atom. The first-order chi connectivity index (χ1) is 9.60. The lowest BCUT2D eigenvalue weighted by atomic mass is 10.1. The van der Waals surface area contributed by atoms with Crippen LogP contribution in [0.5, 0.6) is 11.5 Å². The molecule has 0 aliphatic rings. The van der Waals surface area contributed by atoms with Crippen LogP contribution in [0, 0.1) is 0 Å². The molecule has 0 fully saturated rings. The van der Waals surface area contributed by atoms with Crippen LogP contribution in [0.1, 0.15) is 6.92 Å². The number of hydrogen-bond acceptors (Lipinski definition) is 3. The van der Waals surface area contributed by atoms with Crippen molar-refractivity contribution < 1.29 is 10.2 Å². The molecule has 2 aromatic carbocycles. The third kappa shape index (κ3) is 2.04. The van der Waals surface area contributed by atoms with E-state index in [0.29, 0.717) is 11.4 Å². The fraction of sp³-hybridized carbons (Fsp3) is 0.133. The number of rotatable bonds is 2. The van der Waals surface area contributed by atoms with Crippen LogP contribution in [0.4, 0.5) is 0 Å². The molecular formula is C15H13BrN2O2. The number of phenols is 2. The van der Waals surface area contributed by atoms with Crippen molar-refractivity contribution in [2.24, 2.45) is 0 Å². The molecule has 5 heteroatoms. The first-order valence-corrected chi connectivity index (χ1v) is 7.07. The average molecular weight is 333 g/mol. The van der Waals surface area contributed by atoms with Crippen LogP contribution in [0.15, 0.2) is 40.9 Å². The smallest absolute Gasteiger partial charge is 0.145 e. The van der Waals surface area contributed by atoms with Gasteiger partial charge in [0.25, 0.3) is 0 Å². The largest absolute Gasteiger partial charge is 0.508 e. The average Bonchev–Trinajstić information content (AvgIpc) is 2.78. The first-order valence-electron chi connectivity index (χ1n) is 6.28. The van der Waals surface area contributed by atoms with Crippen LogP contribution in [-0.2, 0) is 6.54 Å². The van der Waals surface area contributed by atoms with E-state index >= 15 is 0 Å². The van der Waals surface area contributed by atoms with E-state index in [0.717, 1.165) is 22.1 Å². The van der Waals surface area contributed by atoms with E-state index in [2.05, 4.69) is 20.9 Å². The van der Waals surface area contributed by atoms with Gasteiger partial charge in [0, 0.05) is 11.0 Å². The van der Waals surface area contributed by atoms with Gasteiger partial charge in [0.2, 0.25) is 0 Å². The number of hydrogen-bond donors (Lipinski definition) is 2. The first kappa shape index (κ1) is 13.0. The molecule has 1 heterocycles. The van der Waals surface area contributed by atoms with E-state index in [1.807, 2.05) is 29.7 Å². The van der Waals surface area contributed by atoms with Gasteiger partial charge in [-0.05, 0) is 43.3 Å². The maximum Gasteiger partial charge on any atom is 0.145 e. The Hall–Kier alpha value is -2.01. The monoisotopic (exact) mass is 332 g/mol. The number of benzene rings is 2. The lowest BCUT2D eigenvalue weighted by Crippen LogP contribution is -1.97. The summed E-state index contributed by atoms with van der Waals surface area (Å²) in [5.41, 5.74) is 2.37. The lowest BCUT2D eigenvalue weighted by Gasteiger charge is -2.08. The second-order valence-electron chi connectivity index (χ2n) is 4.51. The van der Waals surface area contributed by atoms with Gasteiger partial charge in [0.1, 0.15) is 17.3 Å². The summed E-state index contributed by atoms with van der Waals surface area (Å²) in [5.74, 6) is 0.856. The van der Waals surface area contributed by atoms with Gasteiger partial charge >= 0.3 is 0 Å². The van der Waals surface area contributed by atoms with Crippen molar-refractivity contribution >= 4 is 27.0 Å². The number of nitrogens with zero attached hydrogens (tertiary/aromatic N) is 2. The molecule has 0 amide bonds. The number of halogens is 1. The summed E-state index contributed by atoms with van der Waals surface area (Å²) in [5, 5.41) is 19.6. The van der Waals surface area contributed by atoms with Crippen LogP contribution < -0.4 is 0 Å². The molecule has 102 valence electrons. The maximum absolute atomic E-state index is 10.0. The van der Waals surface area contributed by atoms with Crippen molar-refractivity contribution in [1.29, 1.82) is 0 Å². The third-order valence-electron chi connectivity index (χ3n) is 3.25. The number of fused-ring (bicyclic) bond motifs is 1. The molecule has 3 aromatic rings. The van der Waals surface area contributed by atoms with E-state index in [9.17, 15) is 10.2 Å². The third-order valence-corrected chi connectivity index (χ3v) is 3.74. The van der Waals surface area contributed by atoms with Crippen LogP contribution in [0.2, 0.25) is 0 Å². The highest BCUT2D eigenvalue weighted by molar-refractivity contribution is 9.10. The van der Waals surface area contributed by atoms with Crippen molar-refractivity contribution in [2.45, 2.75) is 13.5 Å². The molecule has 3 rings (SSSR count). The molecule has 0 bridgehead atoms.